The van der Waals surface area contributed by atoms with Crippen molar-refractivity contribution >= 4 is 5.97 Å². The average Bonchev–Trinajstić information content (AvgIpc) is 2.00. The first kappa shape index (κ1) is 9.19. The molecule has 0 bridgehead atoms. The molecule has 1 heterocycles. The molecule has 74 valence electrons. The minimum atomic E-state index is -0.678. The van der Waals surface area contributed by atoms with E-state index in [-0.39, 0.29) is 11.8 Å². The van der Waals surface area contributed by atoms with Gasteiger partial charge in [0, 0.05) is 12.4 Å². The summed E-state index contributed by atoms with van der Waals surface area (Å²) in [5.41, 5.74) is 2.17. The number of hydrogen-bond acceptors (Lipinski definition) is 2. The molecule has 0 radical (unpaired) electrons. The standard InChI is InChI=1S/C11H13NO2/c1-7-4-8(6-12-5-7)9-2-3-10(9)11(13)14/h4-6,9-10H,2-3H2,1H3,(H,13,14). The highest BCUT2D eigenvalue weighted by atomic mass is 16.4. The molecular formula is C11H13NO2. The Morgan fingerprint density at radius 2 is 2.29 bits per heavy atom. The van der Waals surface area contributed by atoms with Crippen LogP contribution in [0.2, 0.25) is 0 Å². The molecule has 1 aliphatic carbocycles. The lowest BCUT2D eigenvalue weighted by Gasteiger charge is -2.33. The van der Waals surface area contributed by atoms with Crippen LogP contribution in [0.5, 0.6) is 0 Å². The van der Waals surface area contributed by atoms with Gasteiger partial charge in [-0.25, -0.2) is 0 Å². The highest BCUT2D eigenvalue weighted by molar-refractivity contribution is 5.72. The number of rotatable bonds is 2. The summed E-state index contributed by atoms with van der Waals surface area (Å²) >= 11 is 0. The Balaban J connectivity index is 2.20. The van der Waals surface area contributed by atoms with Crippen molar-refractivity contribution in [2.45, 2.75) is 25.7 Å². The molecule has 14 heavy (non-hydrogen) atoms. The molecule has 2 unspecified atom stereocenters. The van der Waals surface area contributed by atoms with E-state index in [9.17, 15) is 4.79 Å². The van der Waals surface area contributed by atoms with Gasteiger partial charge in [0.15, 0.2) is 0 Å². The van der Waals surface area contributed by atoms with Crippen LogP contribution >= 0.6 is 0 Å². The van der Waals surface area contributed by atoms with Crippen LogP contribution in [0.1, 0.15) is 29.9 Å². The minimum Gasteiger partial charge on any atom is -0.481 e. The Hall–Kier alpha value is -1.38. The van der Waals surface area contributed by atoms with Crippen molar-refractivity contribution in [3.63, 3.8) is 0 Å². The van der Waals surface area contributed by atoms with Gasteiger partial charge in [0.05, 0.1) is 5.92 Å². The molecule has 0 spiro atoms. The smallest absolute Gasteiger partial charge is 0.307 e. The van der Waals surface area contributed by atoms with E-state index in [1.807, 2.05) is 13.0 Å². The maximum Gasteiger partial charge on any atom is 0.307 e. The molecule has 1 aromatic heterocycles. The van der Waals surface area contributed by atoms with Crippen molar-refractivity contribution in [2.24, 2.45) is 5.92 Å². The topological polar surface area (TPSA) is 50.2 Å². The van der Waals surface area contributed by atoms with Gasteiger partial charge in [-0.1, -0.05) is 6.07 Å². The molecule has 1 saturated carbocycles. The van der Waals surface area contributed by atoms with Gasteiger partial charge in [-0.2, -0.15) is 0 Å². The average molecular weight is 191 g/mol. The lowest BCUT2D eigenvalue weighted by Crippen LogP contribution is -2.31. The molecule has 3 heteroatoms. The first-order valence-electron chi connectivity index (χ1n) is 4.83. The fourth-order valence-corrected chi connectivity index (χ4v) is 1.98. The molecule has 1 fully saturated rings. The highest BCUT2D eigenvalue weighted by Crippen LogP contribution is 2.42. The summed E-state index contributed by atoms with van der Waals surface area (Å²) in [6.45, 7) is 1.98. The molecule has 1 aliphatic rings. The monoisotopic (exact) mass is 191 g/mol. The second-order valence-corrected chi connectivity index (χ2v) is 3.92. The number of aryl methyl sites for hydroxylation is 1. The summed E-state index contributed by atoms with van der Waals surface area (Å²) in [4.78, 5) is 14.9. The number of pyridine rings is 1. The van der Waals surface area contributed by atoms with E-state index in [1.54, 1.807) is 12.4 Å². The zero-order valence-corrected chi connectivity index (χ0v) is 8.10. The number of carboxylic acid groups (broad SMARTS) is 1. The maximum atomic E-state index is 10.8. The van der Waals surface area contributed by atoms with E-state index in [2.05, 4.69) is 4.98 Å². The number of aromatic nitrogens is 1. The molecule has 0 aliphatic heterocycles. The number of carboxylic acids is 1. The third-order valence-corrected chi connectivity index (χ3v) is 2.92. The Bertz CT molecular complexity index is 362. The number of aliphatic carboxylic acids is 1. The van der Waals surface area contributed by atoms with E-state index in [0.717, 1.165) is 24.0 Å². The lowest BCUT2D eigenvalue weighted by atomic mass is 9.70. The second kappa shape index (κ2) is 3.40. The van der Waals surface area contributed by atoms with E-state index >= 15 is 0 Å². The van der Waals surface area contributed by atoms with Crippen LogP contribution in [0.25, 0.3) is 0 Å². The van der Waals surface area contributed by atoms with Gasteiger partial charge in [0.25, 0.3) is 0 Å². The van der Waals surface area contributed by atoms with Gasteiger partial charge < -0.3 is 5.11 Å². The van der Waals surface area contributed by atoms with Crippen molar-refractivity contribution in [3.8, 4) is 0 Å². The van der Waals surface area contributed by atoms with Crippen molar-refractivity contribution in [2.75, 3.05) is 0 Å². The number of hydrogen-bond donors (Lipinski definition) is 1. The quantitative estimate of drug-likeness (QED) is 0.777. The summed E-state index contributed by atoms with van der Waals surface area (Å²) in [5, 5.41) is 8.91. The van der Waals surface area contributed by atoms with Crippen LogP contribution < -0.4 is 0 Å². The third-order valence-electron chi connectivity index (χ3n) is 2.92. The van der Waals surface area contributed by atoms with Crippen LogP contribution in [0.15, 0.2) is 18.5 Å². The van der Waals surface area contributed by atoms with E-state index < -0.39 is 5.97 Å². The largest absolute Gasteiger partial charge is 0.481 e. The van der Waals surface area contributed by atoms with Crippen LogP contribution in [-0.2, 0) is 4.79 Å². The molecule has 0 aromatic carbocycles. The van der Waals surface area contributed by atoms with Gasteiger partial charge in [-0.15, -0.1) is 0 Å². The fraction of sp³-hybridized carbons (Fsp3) is 0.455. The van der Waals surface area contributed by atoms with Crippen LogP contribution in [0.4, 0.5) is 0 Å². The van der Waals surface area contributed by atoms with E-state index in [4.69, 9.17) is 5.11 Å². The van der Waals surface area contributed by atoms with Gasteiger partial charge in [0.2, 0.25) is 0 Å². The molecule has 0 amide bonds. The van der Waals surface area contributed by atoms with Crippen LogP contribution in [0, 0.1) is 12.8 Å². The summed E-state index contributed by atoms with van der Waals surface area (Å²) in [6, 6.07) is 2.03. The Kier molecular flexibility index (Phi) is 2.23. The SMILES string of the molecule is Cc1cncc(C2CCC2C(=O)O)c1. The summed E-state index contributed by atoms with van der Waals surface area (Å²) in [6.07, 6.45) is 5.35. The predicted octanol–water partition coefficient (Wildman–Crippen LogP) is 1.97. The van der Waals surface area contributed by atoms with Gasteiger partial charge in [-0.3, -0.25) is 9.78 Å². The minimum absolute atomic E-state index is 0.180. The fourth-order valence-electron chi connectivity index (χ4n) is 1.98. The second-order valence-electron chi connectivity index (χ2n) is 3.92. The van der Waals surface area contributed by atoms with Crippen LogP contribution in [-0.4, -0.2) is 16.1 Å². The zero-order chi connectivity index (χ0) is 10.1. The predicted molar refractivity (Wildman–Crippen MR) is 52.1 cm³/mol. The maximum absolute atomic E-state index is 10.8. The summed E-state index contributed by atoms with van der Waals surface area (Å²) in [5.74, 6) is -0.693. The molecule has 2 atom stereocenters. The van der Waals surface area contributed by atoms with Gasteiger partial charge in [-0.05, 0) is 36.8 Å². The molecular weight excluding hydrogens is 178 g/mol. The van der Waals surface area contributed by atoms with Crippen molar-refractivity contribution in [1.29, 1.82) is 0 Å². The van der Waals surface area contributed by atoms with Crippen molar-refractivity contribution in [1.82, 2.24) is 4.98 Å². The number of nitrogens with zero attached hydrogens (tertiary/aromatic N) is 1. The number of carbonyl (C=O) groups is 1. The van der Waals surface area contributed by atoms with E-state index in [0.29, 0.717) is 0 Å². The zero-order valence-electron chi connectivity index (χ0n) is 8.10. The molecule has 2 rings (SSSR count). The molecule has 1 N–H and O–H groups in total. The van der Waals surface area contributed by atoms with Gasteiger partial charge in [0.1, 0.15) is 0 Å². The Labute approximate surface area is 82.8 Å². The lowest BCUT2D eigenvalue weighted by molar-refractivity contribution is -0.145. The summed E-state index contributed by atoms with van der Waals surface area (Å²) < 4.78 is 0. The first-order chi connectivity index (χ1) is 6.68. The molecule has 1 aromatic rings. The molecule has 3 nitrogen and oxygen atoms in total. The molecule has 0 saturated heterocycles. The third kappa shape index (κ3) is 1.50. The Morgan fingerprint density at radius 1 is 1.50 bits per heavy atom. The summed E-state index contributed by atoms with van der Waals surface area (Å²) in [7, 11) is 0. The van der Waals surface area contributed by atoms with Crippen molar-refractivity contribution < 1.29 is 9.90 Å². The van der Waals surface area contributed by atoms with Crippen molar-refractivity contribution in [3.05, 3.63) is 29.6 Å². The van der Waals surface area contributed by atoms with Gasteiger partial charge >= 0.3 is 5.97 Å². The van der Waals surface area contributed by atoms with Crippen LogP contribution in [0.3, 0.4) is 0 Å². The Morgan fingerprint density at radius 3 is 2.79 bits per heavy atom. The highest BCUT2D eigenvalue weighted by Gasteiger charge is 2.37. The first-order valence-corrected chi connectivity index (χ1v) is 4.83. The van der Waals surface area contributed by atoms with E-state index in [1.165, 1.54) is 0 Å². The normalized spacial score (nSPS) is 25.5.